The molecule has 1 aliphatic heterocycles. The van der Waals surface area contributed by atoms with Crippen molar-refractivity contribution in [1.82, 2.24) is 15.2 Å². The van der Waals surface area contributed by atoms with Crippen LogP contribution in [0.1, 0.15) is 22.3 Å². The fourth-order valence-electron chi connectivity index (χ4n) is 2.85. The van der Waals surface area contributed by atoms with Crippen LogP contribution in [0.5, 0.6) is 0 Å². The molecule has 0 radical (unpaired) electrons. The van der Waals surface area contributed by atoms with Gasteiger partial charge in [0.2, 0.25) is 5.91 Å². The maximum absolute atomic E-state index is 12.6. The first-order chi connectivity index (χ1) is 13.2. The van der Waals surface area contributed by atoms with Gasteiger partial charge in [-0.05, 0) is 26.0 Å². The molecule has 7 nitrogen and oxygen atoms in total. The second-order valence-electron chi connectivity index (χ2n) is 6.61. The number of hydrogen-bond donors (Lipinski definition) is 1. The van der Waals surface area contributed by atoms with E-state index in [9.17, 15) is 18.0 Å². The van der Waals surface area contributed by atoms with E-state index in [1.54, 1.807) is 26.0 Å². The van der Waals surface area contributed by atoms with Gasteiger partial charge in [0.25, 0.3) is 5.91 Å². The second kappa shape index (κ2) is 8.18. The van der Waals surface area contributed by atoms with Crippen LogP contribution < -0.4 is 5.32 Å². The van der Waals surface area contributed by atoms with Crippen molar-refractivity contribution in [3.63, 3.8) is 0 Å². The number of amides is 2. The summed E-state index contributed by atoms with van der Waals surface area (Å²) < 4.78 is 23.0. The highest BCUT2D eigenvalue weighted by Gasteiger charge is 2.29. The van der Waals surface area contributed by atoms with E-state index in [-0.39, 0.29) is 36.4 Å². The summed E-state index contributed by atoms with van der Waals surface area (Å²) in [5.74, 6) is -0.751. The number of nitrogens with one attached hydrogen (secondary N) is 1. The lowest BCUT2D eigenvalue weighted by Gasteiger charge is -2.29. The number of aryl methyl sites for hydroxylation is 1. The van der Waals surface area contributed by atoms with E-state index < -0.39 is 15.9 Å². The number of hydrogen-bond acceptors (Lipinski definition) is 6. The number of carbonyl (C=O) groups is 2. The van der Waals surface area contributed by atoms with Crippen LogP contribution in [-0.4, -0.2) is 60.8 Å². The van der Waals surface area contributed by atoms with Crippen LogP contribution in [0.25, 0.3) is 10.6 Å². The molecule has 1 unspecified atom stereocenters. The highest BCUT2D eigenvalue weighted by atomic mass is 35.5. The monoisotopic (exact) mass is 441 g/mol. The van der Waals surface area contributed by atoms with Crippen molar-refractivity contribution in [2.75, 3.05) is 24.6 Å². The van der Waals surface area contributed by atoms with Gasteiger partial charge in [0, 0.05) is 23.7 Å². The molecule has 0 bridgehead atoms. The Morgan fingerprint density at radius 2 is 1.82 bits per heavy atom. The molecule has 1 aliphatic rings. The maximum atomic E-state index is 12.6. The van der Waals surface area contributed by atoms with Gasteiger partial charge in [-0.2, -0.15) is 0 Å². The molecule has 0 spiro atoms. The third kappa shape index (κ3) is 4.71. The third-order valence-electron chi connectivity index (χ3n) is 4.47. The van der Waals surface area contributed by atoms with Crippen LogP contribution in [-0.2, 0) is 14.6 Å². The molecule has 0 saturated carbocycles. The first-order valence-electron chi connectivity index (χ1n) is 8.70. The summed E-state index contributed by atoms with van der Waals surface area (Å²) in [7, 11) is -3.07. The van der Waals surface area contributed by atoms with Crippen molar-refractivity contribution < 1.29 is 18.0 Å². The zero-order chi connectivity index (χ0) is 20.5. The normalized spacial score (nSPS) is 17.2. The zero-order valence-corrected chi connectivity index (χ0v) is 17.8. The van der Waals surface area contributed by atoms with Crippen LogP contribution in [0.3, 0.4) is 0 Å². The molecule has 1 N–H and O–H groups in total. The molecule has 2 heterocycles. The summed E-state index contributed by atoms with van der Waals surface area (Å²) in [4.78, 5) is 31.5. The van der Waals surface area contributed by atoms with Crippen LogP contribution in [0.2, 0.25) is 5.02 Å². The summed E-state index contributed by atoms with van der Waals surface area (Å²) in [5.41, 5.74) is 1.44. The third-order valence-corrected chi connectivity index (χ3v) is 7.53. The average Bonchev–Trinajstić information content (AvgIpc) is 3.03. The van der Waals surface area contributed by atoms with Crippen molar-refractivity contribution in [1.29, 1.82) is 0 Å². The molecule has 2 amide bonds. The summed E-state index contributed by atoms with van der Waals surface area (Å²) in [6, 6.07) is 6.42. The van der Waals surface area contributed by atoms with E-state index in [2.05, 4.69) is 10.3 Å². The fourth-order valence-corrected chi connectivity index (χ4v) is 5.16. The minimum Gasteiger partial charge on any atom is -0.340 e. The van der Waals surface area contributed by atoms with Crippen LogP contribution in [0.15, 0.2) is 24.3 Å². The minimum atomic E-state index is -3.07. The summed E-state index contributed by atoms with van der Waals surface area (Å²) >= 11 is 7.15. The number of benzene rings is 1. The minimum absolute atomic E-state index is 0.0438. The number of rotatable bonds is 4. The quantitative estimate of drug-likeness (QED) is 0.784. The highest BCUT2D eigenvalue weighted by molar-refractivity contribution is 7.91. The molecular formula is C18H20ClN3O4S2. The number of sulfone groups is 1. The molecule has 1 fully saturated rings. The van der Waals surface area contributed by atoms with Crippen LogP contribution >= 0.6 is 22.9 Å². The van der Waals surface area contributed by atoms with Gasteiger partial charge in [-0.1, -0.05) is 23.7 Å². The van der Waals surface area contributed by atoms with Crippen molar-refractivity contribution in [2.24, 2.45) is 0 Å². The number of carbonyl (C=O) groups excluding carboxylic acids is 2. The molecule has 10 heteroatoms. The van der Waals surface area contributed by atoms with Crippen molar-refractivity contribution in [2.45, 2.75) is 19.9 Å². The number of halogens is 1. The predicted molar refractivity (Wildman–Crippen MR) is 109 cm³/mol. The first kappa shape index (κ1) is 20.8. The Labute approximate surface area is 172 Å². The molecule has 150 valence electrons. The molecule has 2 aromatic rings. The Bertz CT molecular complexity index is 988. The lowest BCUT2D eigenvalue weighted by molar-refractivity contribution is -0.132. The topological polar surface area (TPSA) is 96.4 Å². The highest BCUT2D eigenvalue weighted by Crippen LogP contribution is 2.28. The van der Waals surface area contributed by atoms with Crippen LogP contribution in [0, 0.1) is 6.92 Å². The Kier molecular flexibility index (Phi) is 6.07. The SMILES string of the molecule is Cc1nc(-c2ccc(Cl)cc2)sc1C(=O)NC(C)C(=O)N1CCS(=O)(=O)CC1. The first-order valence-corrected chi connectivity index (χ1v) is 11.7. The lowest BCUT2D eigenvalue weighted by Crippen LogP contribution is -2.51. The van der Waals surface area contributed by atoms with Gasteiger partial charge >= 0.3 is 0 Å². The number of thiazole rings is 1. The Morgan fingerprint density at radius 3 is 2.43 bits per heavy atom. The van der Waals surface area contributed by atoms with Crippen LogP contribution in [0.4, 0.5) is 0 Å². The maximum Gasteiger partial charge on any atom is 0.263 e. The largest absolute Gasteiger partial charge is 0.340 e. The van der Waals surface area contributed by atoms with Gasteiger partial charge in [0.1, 0.15) is 15.9 Å². The lowest BCUT2D eigenvalue weighted by atomic mass is 10.2. The zero-order valence-electron chi connectivity index (χ0n) is 15.4. The summed E-state index contributed by atoms with van der Waals surface area (Å²) in [6.45, 7) is 3.65. The molecule has 28 heavy (non-hydrogen) atoms. The van der Waals surface area contributed by atoms with Gasteiger partial charge in [-0.25, -0.2) is 13.4 Å². The molecule has 1 atom stereocenters. The number of aromatic nitrogens is 1. The van der Waals surface area contributed by atoms with Crippen molar-refractivity contribution in [3.05, 3.63) is 39.9 Å². The Hall–Kier alpha value is -1.97. The molecule has 3 rings (SSSR count). The summed E-state index contributed by atoms with van der Waals surface area (Å²) in [6.07, 6.45) is 0. The van der Waals surface area contributed by atoms with Gasteiger partial charge in [-0.3, -0.25) is 9.59 Å². The average molecular weight is 442 g/mol. The summed E-state index contributed by atoms with van der Waals surface area (Å²) in [5, 5.41) is 4.01. The van der Waals surface area contributed by atoms with Gasteiger partial charge < -0.3 is 10.2 Å². The van der Waals surface area contributed by atoms with E-state index in [0.29, 0.717) is 20.6 Å². The Morgan fingerprint density at radius 1 is 1.21 bits per heavy atom. The van der Waals surface area contributed by atoms with E-state index >= 15 is 0 Å². The molecule has 1 aromatic heterocycles. The Balaban J connectivity index is 1.67. The molecule has 1 aromatic carbocycles. The van der Waals surface area contributed by atoms with Gasteiger partial charge in [0.05, 0.1) is 17.2 Å². The predicted octanol–water partition coefficient (Wildman–Crippen LogP) is 2.15. The van der Waals surface area contributed by atoms with Crippen molar-refractivity contribution >= 4 is 44.6 Å². The second-order valence-corrected chi connectivity index (χ2v) is 10.4. The van der Waals surface area contributed by atoms with E-state index in [0.717, 1.165) is 5.56 Å². The molecular weight excluding hydrogens is 422 g/mol. The smallest absolute Gasteiger partial charge is 0.263 e. The molecule has 0 aliphatic carbocycles. The van der Waals surface area contributed by atoms with Crippen molar-refractivity contribution in [3.8, 4) is 10.6 Å². The van der Waals surface area contributed by atoms with E-state index in [1.165, 1.54) is 16.2 Å². The van der Waals surface area contributed by atoms with Gasteiger partial charge in [0.15, 0.2) is 9.84 Å². The van der Waals surface area contributed by atoms with E-state index in [1.807, 2.05) is 12.1 Å². The standard InChI is InChI=1S/C18H20ClN3O4S2/c1-11-15(27-17(21-11)13-3-5-14(19)6-4-13)16(23)20-12(2)18(24)22-7-9-28(25,26)10-8-22/h3-6,12H,7-10H2,1-2H3,(H,20,23). The number of nitrogens with zero attached hydrogens (tertiary/aromatic N) is 2. The van der Waals surface area contributed by atoms with Gasteiger partial charge in [-0.15, -0.1) is 11.3 Å². The van der Waals surface area contributed by atoms with E-state index in [4.69, 9.17) is 11.6 Å². The molecule has 1 saturated heterocycles. The fraction of sp³-hybridized carbons (Fsp3) is 0.389.